The third-order valence-electron chi connectivity index (χ3n) is 3.94. The number of anilines is 3. The van der Waals surface area contributed by atoms with E-state index in [0.29, 0.717) is 5.69 Å². The minimum Gasteiger partial charge on any atom is -0.355 e. The second-order valence-corrected chi connectivity index (χ2v) is 5.87. The molecular weight excluding hydrogens is 336 g/mol. The molecule has 0 saturated carbocycles. The van der Waals surface area contributed by atoms with E-state index in [1.165, 1.54) is 18.3 Å². The number of carbonyl (C=O) groups is 1. The Morgan fingerprint density at radius 2 is 1.54 bits per heavy atom. The van der Waals surface area contributed by atoms with E-state index in [1.807, 2.05) is 32.0 Å². The Morgan fingerprint density at radius 1 is 0.923 bits per heavy atom. The van der Waals surface area contributed by atoms with Crippen molar-refractivity contribution in [2.24, 2.45) is 0 Å². The molecule has 1 amide bonds. The van der Waals surface area contributed by atoms with Gasteiger partial charge in [0.05, 0.1) is 0 Å². The van der Waals surface area contributed by atoms with Gasteiger partial charge < -0.3 is 10.6 Å². The maximum Gasteiger partial charge on any atom is 0.274 e. The van der Waals surface area contributed by atoms with Crippen molar-refractivity contribution < 1.29 is 13.6 Å². The third kappa shape index (κ3) is 3.69. The van der Waals surface area contributed by atoms with Crippen LogP contribution in [0.2, 0.25) is 0 Å². The second kappa shape index (κ2) is 7.31. The SMILES string of the molecule is Cc1cccc(C)c1Nc1ccnc(C(=O)Nc2c(F)cccc2F)c1. The van der Waals surface area contributed by atoms with E-state index in [2.05, 4.69) is 15.6 Å². The lowest BCUT2D eigenvalue weighted by atomic mass is 10.1. The van der Waals surface area contributed by atoms with E-state index in [4.69, 9.17) is 0 Å². The minimum absolute atomic E-state index is 0.0453. The first kappa shape index (κ1) is 17.5. The van der Waals surface area contributed by atoms with Gasteiger partial charge in [0.15, 0.2) is 0 Å². The monoisotopic (exact) mass is 353 g/mol. The lowest BCUT2D eigenvalue weighted by molar-refractivity contribution is 0.102. The predicted molar refractivity (Wildman–Crippen MR) is 97.7 cm³/mol. The highest BCUT2D eigenvalue weighted by Gasteiger charge is 2.15. The summed E-state index contributed by atoms with van der Waals surface area (Å²) in [7, 11) is 0. The number of nitrogens with one attached hydrogen (secondary N) is 2. The Morgan fingerprint density at radius 3 is 2.19 bits per heavy atom. The van der Waals surface area contributed by atoms with Gasteiger partial charge in [0.2, 0.25) is 0 Å². The summed E-state index contributed by atoms with van der Waals surface area (Å²) in [6.45, 7) is 3.95. The van der Waals surface area contributed by atoms with Gasteiger partial charge in [0, 0.05) is 17.6 Å². The molecule has 6 heteroatoms. The molecule has 1 heterocycles. The fraction of sp³-hybridized carbons (Fsp3) is 0.100. The molecule has 3 rings (SSSR count). The Kier molecular flexibility index (Phi) is 4.93. The fourth-order valence-electron chi connectivity index (χ4n) is 2.58. The molecule has 4 nitrogen and oxygen atoms in total. The van der Waals surface area contributed by atoms with Gasteiger partial charge in [-0.25, -0.2) is 8.78 Å². The molecule has 0 aliphatic carbocycles. The molecular formula is C20H17F2N3O. The van der Waals surface area contributed by atoms with Crippen LogP contribution in [0, 0.1) is 25.5 Å². The van der Waals surface area contributed by atoms with Gasteiger partial charge in [-0.05, 0) is 49.2 Å². The molecule has 0 bridgehead atoms. The van der Waals surface area contributed by atoms with Gasteiger partial charge in [-0.1, -0.05) is 24.3 Å². The number of hydrogen-bond donors (Lipinski definition) is 2. The average Bonchev–Trinajstić information content (AvgIpc) is 2.62. The minimum atomic E-state index is -0.844. The molecule has 1 aromatic heterocycles. The highest BCUT2D eigenvalue weighted by Crippen LogP contribution is 2.25. The van der Waals surface area contributed by atoms with E-state index in [0.717, 1.165) is 28.9 Å². The zero-order valence-corrected chi connectivity index (χ0v) is 14.3. The Bertz CT molecular complexity index is 933. The zero-order chi connectivity index (χ0) is 18.7. The lowest BCUT2D eigenvalue weighted by Gasteiger charge is -2.13. The van der Waals surface area contributed by atoms with Crippen LogP contribution < -0.4 is 10.6 Å². The number of aryl methyl sites for hydroxylation is 2. The number of hydrogen-bond acceptors (Lipinski definition) is 3. The van der Waals surface area contributed by atoms with Crippen LogP contribution in [0.25, 0.3) is 0 Å². The number of para-hydroxylation sites is 2. The number of amides is 1. The number of pyridine rings is 1. The molecule has 0 unspecified atom stereocenters. The first-order valence-electron chi connectivity index (χ1n) is 8.00. The number of halogens is 2. The highest BCUT2D eigenvalue weighted by atomic mass is 19.1. The second-order valence-electron chi connectivity index (χ2n) is 5.87. The van der Waals surface area contributed by atoms with Gasteiger partial charge in [-0.2, -0.15) is 0 Å². The standard InChI is InChI=1S/C20H17F2N3O/c1-12-5-3-6-13(2)18(12)24-14-9-10-23-17(11-14)20(26)25-19-15(21)7-4-8-16(19)22/h3-11H,1-2H3,(H,23,24)(H,25,26). The lowest BCUT2D eigenvalue weighted by Crippen LogP contribution is -2.16. The quantitative estimate of drug-likeness (QED) is 0.696. The van der Waals surface area contributed by atoms with E-state index in [9.17, 15) is 13.6 Å². The summed E-state index contributed by atoms with van der Waals surface area (Å²) in [5.41, 5.74) is 3.25. The summed E-state index contributed by atoms with van der Waals surface area (Å²) in [5.74, 6) is -2.38. The maximum absolute atomic E-state index is 13.7. The normalized spacial score (nSPS) is 10.5. The van der Waals surface area contributed by atoms with Gasteiger partial charge in [0.25, 0.3) is 5.91 Å². The molecule has 2 N–H and O–H groups in total. The van der Waals surface area contributed by atoms with Crippen molar-refractivity contribution in [3.8, 4) is 0 Å². The first-order chi connectivity index (χ1) is 12.5. The molecule has 2 aromatic carbocycles. The zero-order valence-electron chi connectivity index (χ0n) is 14.3. The summed E-state index contributed by atoms with van der Waals surface area (Å²) in [6, 6.07) is 12.5. The third-order valence-corrected chi connectivity index (χ3v) is 3.94. The topological polar surface area (TPSA) is 54.0 Å². The van der Waals surface area contributed by atoms with Crippen LogP contribution in [0.4, 0.5) is 25.8 Å². The van der Waals surface area contributed by atoms with Gasteiger partial charge in [0.1, 0.15) is 23.0 Å². The number of carbonyl (C=O) groups excluding carboxylic acids is 1. The van der Waals surface area contributed by atoms with Crippen molar-refractivity contribution >= 4 is 23.0 Å². The molecule has 0 fully saturated rings. The summed E-state index contributed by atoms with van der Waals surface area (Å²) in [4.78, 5) is 16.3. The van der Waals surface area contributed by atoms with E-state index < -0.39 is 23.2 Å². The molecule has 0 saturated heterocycles. The number of benzene rings is 2. The average molecular weight is 353 g/mol. The largest absolute Gasteiger partial charge is 0.355 e. The Balaban J connectivity index is 1.84. The Labute approximate surface area is 149 Å². The first-order valence-corrected chi connectivity index (χ1v) is 8.00. The van der Waals surface area contributed by atoms with Crippen molar-refractivity contribution in [1.29, 1.82) is 0 Å². The van der Waals surface area contributed by atoms with Crippen LogP contribution in [0.1, 0.15) is 21.6 Å². The van der Waals surface area contributed by atoms with Crippen LogP contribution >= 0.6 is 0 Å². The molecule has 132 valence electrons. The van der Waals surface area contributed by atoms with E-state index in [1.54, 1.807) is 6.07 Å². The summed E-state index contributed by atoms with van der Waals surface area (Å²) in [6.07, 6.45) is 1.46. The van der Waals surface area contributed by atoms with Crippen LogP contribution in [-0.2, 0) is 0 Å². The van der Waals surface area contributed by atoms with Crippen LogP contribution in [0.15, 0.2) is 54.7 Å². The van der Waals surface area contributed by atoms with Crippen molar-refractivity contribution in [2.45, 2.75) is 13.8 Å². The van der Waals surface area contributed by atoms with Crippen molar-refractivity contribution in [2.75, 3.05) is 10.6 Å². The molecule has 0 aliphatic rings. The number of aromatic nitrogens is 1. The number of rotatable bonds is 4. The van der Waals surface area contributed by atoms with Gasteiger partial charge >= 0.3 is 0 Å². The predicted octanol–water partition coefficient (Wildman–Crippen LogP) is 4.97. The molecule has 0 aliphatic heterocycles. The molecule has 0 spiro atoms. The molecule has 26 heavy (non-hydrogen) atoms. The van der Waals surface area contributed by atoms with Gasteiger partial charge in [-0.15, -0.1) is 0 Å². The van der Waals surface area contributed by atoms with Crippen molar-refractivity contribution in [3.05, 3.63) is 83.2 Å². The van der Waals surface area contributed by atoms with E-state index in [-0.39, 0.29) is 5.69 Å². The summed E-state index contributed by atoms with van der Waals surface area (Å²) >= 11 is 0. The summed E-state index contributed by atoms with van der Waals surface area (Å²) < 4.78 is 27.4. The fourth-order valence-corrected chi connectivity index (χ4v) is 2.58. The molecule has 0 radical (unpaired) electrons. The summed E-state index contributed by atoms with van der Waals surface area (Å²) in [5, 5.41) is 5.48. The van der Waals surface area contributed by atoms with Gasteiger partial charge in [-0.3, -0.25) is 9.78 Å². The van der Waals surface area contributed by atoms with Crippen molar-refractivity contribution in [3.63, 3.8) is 0 Å². The number of nitrogens with zero attached hydrogens (tertiary/aromatic N) is 1. The van der Waals surface area contributed by atoms with Crippen LogP contribution in [-0.4, -0.2) is 10.9 Å². The maximum atomic E-state index is 13.7. The molecule has 0 atom stereocenters. The van der Waals surface area contributed by atoms with Crippen LogP contribution in [0.5, 0.6) is 0 Å². The van der Waals surface area contributed by atoms with Crippen LogP contribution in [0.3, 0.4) is 0 Å². The Hall–Kier alpha value is -3.28. The highest BCUT2D eigenvalue weighted by molar-refractivity contribution is 6.03. The van der Waals surface area contributed by atoms with Crippen molar-refractivity contribution in [1.82, 2.24) is 4.98 Å². The molecule has 3 aromatic rings. The smallest absolute Gasteiger partial charge is 0.274 e. The van der Waals surface area contributed by atoms with E-state index >= 15 is 0 Å².